The molecule has 4 rings (SSSR count). The van der Waals surface area contributed by atoms with Crippen molar-refractivity contribution in [3.63, 3.8) is 0 Å². The number of carbonyl (C=O) groups excluding carboxylic acids is 2. The number of likely N-dealkylation sites (tertiary alicyclic amines) is 1. The van der Waals surface area contributed by atoms with Gasteiger partial charge in [-0.05, 0) is 57.4 Å². The van der Waals surface area contributed by atoms with Gasteiger partial charge in [0.2, 0.25) is 0 Å². The van der Waals surface area contributed by atoms with Gasteiger partial charge >= 0.3 is 5.76 Å². The minimum atomic E-state index is -0.837. The second-order valence-electron chi connectivity index (χ2n) is 7.77. The second kappa shape index (κ2) is 7.92. The molecule has 9 nitrogen and oxygen atoms in total. The number of aliphatic hydroxyl groups excluding tert-OH is 1. The van der Waals surface area contributed by atoms with Crippen LogP contribution in [-0.4, -0.2) is 58.3 Å². The Morgan fingerprint density at radius 2 is 1.97 bits per heavy atom. The van der Waals surface area contributed by atoms with Crippen LogP contribution < -0.4 is 5.76 Å². The molecule has 162 valence electrons. The average Bonchev–Trinajstić information content (AvgIpc) is 3.42. The first-order valence-corrected chi connectivity index (χ1v) is 9.86. The zero-order chi connectivity index (χ0) is 22.3. The van der Waals surface area contributed by atoms with Crippen molar-refractivity contribution in [2.75, 3.05) is 27.2 Å². The highest BCUT2D eigenvalue weighted by Gasteiger charge is 2.47. The highest BCUT2D eigenvalue weighted by atomic mass is 16.4. The summed E-state index contributed by atoms with van der Waals surface area (Å²) in [5.41, 5.74) is 1.03. The third-order valence-electron chi connectivity index (χ3n) is 5.42. The van der Waals surface area contributed by atoms with Gasteiger partial charge in [0.25, 0.3) is 11.7 Å². The number of furan rings is 1. The minimum Gasteiger partial charge on any atom is -0.507 e. The molecule has 0 saturated carbocycles. The summed E-state index contributed by atoms with van der Waals surface area (Å²) < 4.78 is 12.0. The van der Waals surface area contributed by atoms with E-state index < -0.39 is 23.5 Å². The van der Waals surface area contributed by atoms with Gasteiger partial charge in [-0.15, -0.1) is 0 Å². The Hall–Kier alpha value is -3.59. The van der Waals surface area contributed by atoms with Crippen LogP contribution >= 0.6 is 0 Å². The molecule has 0 spiro atoms. The van der Waals surface area contributed by atoms with Gasteiger partial charge in [0.1, 0.15) is 17.6 Å². The number of nitrogens with zero attached hydrogens (tertiary/aromatic N) is 3. The maximum Gasteiger partial charge on any atom is 0.419 e. The number of benzene rings is 1. The van der Waals surface area contributed by atoms with Crippen LogP contribution in [0.1, 0.15) is 23.8 Å². The van der Waals surface area contributed by atoms with Crippen LogP contribution in [-0.2, 0) is 16.6 Å². The first kappa shape index (κ1) is 20.7. The quantitative estimate of drug-likeness (QED) is 0.366. The molecule has 0 unspecified atom stereocenters. The summed E-state index contributed by atoms with van der Waals surface area (Å²) in [5.74, 6) is -1.96. The number of aromatic nitrogens is 1. The van der Waals surface area contributed by atoms with E-state index in [0.717, 1.165) is 6.54 Å². The number of rotatable bonds is 6. The molecule has 1 aliphatic rings. The van der Waals surface area contributed by atoms with E-state index in [9.17, 15) is 19.5 Å². The summed E-state index contributed by atoms with van der Waals surface area (Å²) in [6.07, 6.45) is 2.11. The Balaban J connectivity index is 1.80. The van der Waals surface area contributed by atoms with Crippen LogP contribution in [0.15, 0.2) is 55.8 Å². The molecule has 1 fully saturated rings. The van der Waals surface area contributed by atoms with Crippen molar-refractivity contribution in [2.45, 2.75) is 12.5 Å². The van der Waals surface area contributed by atoms with Gasteiger partial charge in [-0.1, -0.05) is 0 Å². The highest BCUT2D eigenvalue weighted by molar-refractivity contribution is 6.46. The van der Waals surface area contributed by atoms with Gasteiger partial charge in [0.15, 0.2) is 5.58 Å². The molecule has 3 heterocycles. The number of hydrogen-bond donors (Lipinski definition) is 1. The standard InChI is InChI=1S/C22H23N3O6/c1-23(2)9-5-10-25-18(15-6-4-11-30-15)17(20(27)21(25)28)19(26)13-7-8-14-16(12-13)31-22(29)24(14)3/h4,6-8,11-12,18,26H,5,9-10H2,1-3H3/t18-/m0/s1. The predicted molar refractivity (Wildman–Crippen MR) is 112 cm³/mol. The zero-order valence-corrected chi connectivity index (χ0v) is 17.5. The van der Waals surface area contributed by atoms with E-state index in [-0.39, 0.29) is 22.5 Å². The first-order chi connectivity index (χ1) is 14.8. The fourth-order valence-corrected chi connectivity index (χ4v) is 3.85. The van der Waals surface area contributed by atoms with Gasteiger partial charge < -0.3 is 23.7 Å². The predicted octanol–water partition coefficient (Wildman–Crippen LogP) is 2.10. The average molecular weight is 425 g/mol. The van der Waals surface area contributed by atoms with Crippen LogP contribution in [0, 0.1) is 0 Å². The monoisotopic (exact) mass is 425 g/mol. The van der Waals surface area contributed by atoms with E-state index in [1.165, 1.54) is 21.8 Å². The van der Waals surface area contributed by atoms with Crippen molar-refractivity contribution in [3.05, 3.63) is 64.0 Å². The molecule has 1 saturated heterocycles. The van der Waals surface area contributed by atoms with Gasteiger partial charge in [-0.3, -0.25) is 14.2 Å². The Kier molecular flexibility index (Phi) is 5.28. The van der Waals surface area contributed by atoms with Crippen LogP contribution in [0.25, 0.3) is 16.9 Å². The summed E-state index contributed by atoms with van der Waals surface area (Å²) in [5, 5.41) is 11.0. The number of hydrogen-bond acceptors (Lipinski definition) is 7. The molecule has 0 bridgehead atoms. The number of carbonyl (C=O) groups is 2. The second-order valence-corrected chi connectivity index (χ2v) is 7.77. The molecule has 9 heteroatoms. The molecule has 2 aromatic heterocycles. The molecule has 1 aromatic carbocycles. The van der Waals surface area contributed by atoms with Gasteiger partial charge in [0.05, 0.1) is 17.4 Å². The van der Waals surface area contributed by atoms with Crippen molar-refractivity contribution < 1.29 is 23.5 Å². The number of fused-ring (bicyclic) bond motifs is 1. The van der Waals surface area contributed by atoms with Crippen LogP contribution in [0.5, 0.6) is 0 Å². The maximum absolute atomic E-state index is 12.9. The molecule has 0 radical (unpaired) electrons. The topological polar surface area (TPSA) is 109 Å². The Morgan fingerprint density at radius 3 is 2.65 bits per heavy atom. The SMILES string of the molecule is CN(C)CCCN1C(=O)C(=O)C(=C(O)c2ccc3c(c2)oc(=O)n3C)[C@@H]1c1ccco1. The minimum absolute atomic E-state index is 0.0533. The van der Waals surface area contributed by atoms with E-state index in [2.05, 4.69) is 0 Å². The maximum atomic E-state index is 12.9. The lowest BCUT2D eigenvalue weighted by molar-refractivity contribution is -0.140. The van der Waals surface area contributed by atoms with Crippen molar-refractivity contribution in [3.8, 4) is 0 Å². The normalized spacial score (nSPS) is 18.6. The number of oxazole rings is 1. The molecule has 1 amide bonds. The molecular formula is C22H23N3O6. The smallest absolute Gasteiger partial charge is 0.419 e. The van der Waals surface area contributed by atoms with Crippen molar-refractivity contribution >= 4 is 28.5 Å². The summed E-state index contributed by atoms with van der Waals surface area (Å²) in [6, 6.07) is 7.17. The van der Waals surface area contributed by atoms with Gasteiger partial charge in [0, 0.05) is 19.2 Å². The fraction of sp³-hybridized carbons (Fsp3) is 0.318. The summed E-state index contributed by atoms with van der Waals surface area (Å²) in [4.78, 5) is 40.9. The van der Waals surface area contributed by atoms with Crippen molar-refractivity contribution in [2.24, 2.45) is 7.05 Å². The largest absolute Gasteiger partial charge is 0.507 e. The summed E-state index contributed by atoms with van der Waals surface area (Å²) in [6.45, 7) is 1.06. The van der Waals surface area contributed by atoms with Crippen LogP contribution in [0.2, 0.25) is 0 Å². The summed E-state index contributed by atoms with van der Waals surface area (Å²) in [7, 11) is 5.43. The molecule has 1 atom stereocenters. The van der Waals surface area contributed by atoms with E-state index in [0.29, 0.717) is 24.2 Å². The number of aryl methyl sites for hydroxylation is 1. The van der Waals surface area contributed by atoms with E-state index >= 15 is 0 Å². The Labute approximate surface area is 177 Å². The van der Waals surface area contributed by atoms with Crippen LogP contribution in [0.4, 0.5) is 0 Å². The molecular weight excluding hydrogens is 402 g/mol. The van der Waals surface area contributed by atoms with Crippen molar-refractivity contribution in [1.82, 2.24) is 14.4 Å². The fourth-order valence-electron chi connectivity index (χ4n) is 3.85. The number of amides is 1. The lowest BCUT2D eigenvalue weighted by Crippen LogP contribution is -2.32. The number of ketones is 1. The third kappa shape index (κ3) is 3.57. The Morgan fingerprint density at radius 1 is 1.19 bits per heavy atom. The van der Waals surface area contributed by atoms with E-state index in [4.69, 9.17) is 8.83 Å². The van der Waals surface area contributed by atoms with Crippen molar-refractivity contribution in [1.29, 1.82) is 0 Å². The molecule has 31 heavy (non-hydrogen) atoms. The molecule has 3 aromatic rings. The van der Waals surface area contributed by atoms with E-state index in [1.807, 2.05) is 19.0 Å². The summed E-state index contributed by atoms with van der Waals surface area (Å²) >= 11 is 0. The van der Waals surface area contributed by atoms with Crippen LogP contribution in [0.3, 0.4) is 0 Å². The van der Waals surface area contributed by atoms with E-state index in [1.54, 1.807) is 31.3 Å². The number of Topliss-reactive ketones (excluding diaryl/α,β-unsaturated/α-hetero) is 1. The first-order valence-electron chi connectivity index (χ1n) is 9.86. The lowest BCUT2D eigenvalue weighted by Gasteiger charge is -2.23. The number of aliphatic hydroxyl groups is 1. The Bertz CT molecular complexity index is 1230. The van der Waals surface area contributed by atoms with Gasteiger partial charge in [-0.25, -0.2) is 4.79 Å². The zero-order valence-electron chi connectivity index (χ0n) is 17.5. The molecule has 1 N–H and O–H groups in total. The molecule has 0 aliphatic carbocycles. The highest BCUT2D eigenvalue weighted by Crippen LogP contribution is 2.39. The lowest BCUT2D eigenvalue weighted by atomic mass is 9.99. The third-order valence-corrected chi connectivity index (χ3v) is 5.42. The van der Waals surface area contributed by atoms with Gasteiger partial charge in [-0.2, -0.15) is 0 Å². The molecule has 1 aliphatic heterocycles.